The van der Waals surface area contributed by atoms with Crippen molar-refractivity contribution >= 4 is 6.03 Å². The molecular formula is C15H23N3O2. The minimum atomic E-state index is -0.315. The lowest BCUT2D eigenvalue weighted by Crippen LogP contribution is -2.47. The molecule has 1 fully saturated rings. The van der Waals surface area contributed by atoms with Crippen LogP contribution in [-0.4, -0.2) is 37.2 Å². The Kier molecular flexibility index (Phi) is 4.84. The summed E-state index contributed by atoms with van der Waals surface area (Å²) in [6.07, 6.45) is 1.88. The highest BCUT2D eigenvalue weighted by molar-refractivity contribution is 5.72. The first-order valence-corrected chi connectivity index (χ1v) is 7.04. The van der Waals surface area contributed by atoms with Crippen molar-refractivity contribution in [2.45, 2.75) is 31.8 Å². The van der Waals surface area contributed by atoms with E-state index in [0.717, 1.165) is 31.7 Å². The van der Waals surface area contributed by atoms with Gasteiger partial charge in [0.15, 0.2) is 0 Å². The van der Waals surface area contributed by atoms with Gasteiger partial charge in [-0.25, -0.2) is 4.79 Å². The predicted molar refractivity (Wildman–Crippen MR) is 78.7 cm³/mol. The number of ether oxygens (including phenoxy) is 1. The third-order valence-corrected chi connectivity index (χ3v) is 3.89. The molecule has 1 heterocycles. The monoisotopic (exact) mass is 277 g/mol. The molecule has 110 valence electrons. The molecule has 1 saturated heterocycles. The second-order valence-electron chi connectivity index (χ2n) is 5.26. The van der Waals surface area contributed by atoms with Crippen LogP contribution < -0.4 is 15.8 Å². The molecule has 0 spiro atoms. The zero-order valence-electron chi connectivity index (χ0n) is 12.1. The van der Waals surface area contributed by atoms with Crippen LogP contribution in [0.2, 0.25) is 0 Å². The van der Waals surface area contributed by atoms with Crippen LogP contribution in [0.1, 0.15) is 31.4 Å². The molecule has 0 aromatic heterocycles. The average Bonchev–Trinajstić information content (AvgIpc) is 2.47. The van der Waals surface area contributed by atoms with E-state index in [0.29, 0.717) is 6.04 Å². The fraction of sp³-hybridized carbons (Fsp3) is 0.533. The number of urea groups is 1. The number of piperidine rings is 1. The number of nitrogens with zero attached hydrogens (tertiary/aromatic N) is 1. The van der Waals surface area contributed by atoms with Gasteiger partial charge in [0.25, 0.3) is 0 Å². The number of likely N-dealkylation sites (tertiary alicyclic amines) is 1. The highest BCUT2D eigenvalue weighted by Crippen LogP contribution is 2.21. The summed E-state index contributed by atoms with van der Waals surface area (Å²) in [5.41, 5.74) is 6.50. The van der Waals surface area contributed by atoms with Crippen LogP contribution in [-0.2, 0) is 0 Å². The number of methoxy groups -OCH3 is 1. The van der Waals surface area contributed by atoms with Gasteiger partial charge in [0.05, 0.1) is 7.11 Å². The maximum Gasteiger partial charge on any atom is 0.314 e. The van der Waals surface area contributed by atoms with Gasteiger partial charge in [0.1, 0.15) is 5.75 Å². The van der Waals surface area contributed by atoms with Crippen LogP contribution in [0.3, 0.4) is 0 Å². The largest absolute Gasteiger partial charge is 0.497 e. The summed E-state index contributed by atoms with van der Waals surface area (Å²) in [5.74, 6) is 0.875. The van der Waals surface area contributed by atoms with Gasteiger partial charge in [0, 0.05) is 25.2 Å². The van der Waals surface area contributed by atoms with Crippen molar-refractivity contribution in [3.05, 3.63) is 29.8 Å². The molecule has 0 bridgehead atoms. The molecule has 1 aliphatic heterocycles. The fourth-order valence-corrected chi connectivity index (χ4v) is 2.63. The van der Waals surface area contributed by atoms with Gasteiger partial charge in [-0.15, -0.1) is 0 Å². The quantitative estimate of drug-likeness (QED) is 0.883. The van der Waals surface area contributed by atoms with E-state index < -0.39 is 0 Å². The predicted octanol–water partition coefficient (Wildman–Crippen LogP) is 1.89. The van der Waals surface area contributed by atoms with Crippen LogP contribution in [0.4, 0.5) is 4.79 Å². The highest BCUT2D eigenvalue weighted by Gasteiger charge is 2.22. The molecule has 5 nitrogen and oxygen atoms in total. The fourth-order valence-electron chi connectivity index (χ4n) is 2.63. The van der Waals surface area contributed by atoms with Crippen molar-refractivity contribution in [1.29, 1.82) is 0 Å². The Bertz CT molecular complexity index is 456. The first kappa shape index (κ1) is 14.7. The van der Waals surface area contributed by atoms with Gasteiger partial charge in [-0.05, 0) is 37.5 Å². The number of amides is 2. The molecule has 1 aromatic carbocycles. The van der Waals surface area contributed by atoms with Crippen molar-refractivity contribution in [2.75, 3.05) is 20.2 Å². The maximum absolute atomic E-state index is 11.1. The van der Waals surface area contributed by atoms with E-state index in [-0.39, 0.29) is 12.1 Å². The van der Waals surface area contributed by atoms with Crippen LogP contribution in [0.5, 0.6) is 5.75 Å². The molecule has 0 saturated carbocycles. The summed E-state index contributed by atoms with van der Waals surface area (Å²) in [6.45, 7) is 3.62. The number of benzene rings is 1. The number of hydrogen-bond donors (Lipinski definition) is 2. The molecule has 20 heavy (non-hydrogen) atoms. The topological polar surface area (TPSA) is 67.6 Å². The van der Waals surface area contributed by atoms with E-state index in [2.05, 4.69) is 24.4 Å². The first-order chi connectivity index (χ1) is 9.60. The van der Waals surface area contributed by atoms with Crippen molar-refractivity contribution in [3.8, 4) is 5.75 Å². The minimum Gasteiger partial charge on any atom is -0.497 e. The Morgan fingerprint density at radius 1 is 1.45 bits per heavy atom. The smallest absolute Gasteiger partial charge is 0.314 e. The van der Waals surface area contributed by atoms with Crippen molar-refractivity contribution in [1.82, 2.24) is 10.2 Å². The van der Waals surface area contributed by atoms with Gasteiger partial charge in [-0.1, -0.05) is 12.1 Å². The molecule has 5 heteroatoms. The Balaban J connectivity index is 1.88. The number of carbonyl (C=O) groups is 1. The SMILES string of the molecule is COc1cccc([C@H](C)NC2CCN(C(N)=O)CC2)c1. The lowest BCUT2D eigenvalue weighted by Gasteiger charge is -2.33. The molecule has 0 unspecified atom stereocenters. The zero-order chi connectivity index (χ0) is 14.5. The van der Waals surface area contributed by atoms with Crippen LogP contribution in [0.25, 0.3) is 0 Å². The molecule has 1 aromatic rings. The first-order valence-electron chi connectivity index (χ1n) is 7.04. The third-order valence-electron chi connectivity index (χ3n) is 3.89. The lowest BCUT2D eigenvalue weighted by atomic mass is 10.0. The minimum absolute atomic E-state index is 0.259. The standard InChI is InChI=1S/C15H23N3O2/c1-11(12-4-3-5-14(10-12)20-2)17-13-6-8-18(9-7-13)15(16)19/h3-5,10-11,13,17H,6-9H2,1-2H3,(H2,16,19)/t11-/m0/s1. The molecule has 2 rings (SSSR count). The van der Waals surface area contributed by atoms with Gasteiger partial charge >= 0.3 is 6.03 Å². The summed E-state index contributed by atoms with van der Waals surface area (Å²) in [7, 11) is 1.68. The second kappa shape index (κ2) is 6.61. The molecule has 3 N–H and O–H groups in total. The molecular weight excluding hydrogens is 254 g/mol. The van der Waals surface area contributed by atoms with Gasteiger partial charge in [-0.2, -0.15) is 0 Å². The van der Waals surface area contributed by atoms with Crippen LogP contribution in [0, 0.1) is 0 Å². The van der Waals surface area contributed by atoms with Crippen molar-refractivity contribution < 1.29 is 9.53 Å². The summed E-state index contributed by atoms with van der Waals surface area (Å²) in [4.78, 5) is 12.8. The van der Waals surface area contributed by atoms with E-state index in [4.69, 9.17) is 10.5 Å². The Labute approximate surface area is 120 Å². The summed E-state index contributed by atoms with van der Waals surface area (Å²) < 4.78 is 5.25. The number of nitrogens with one attached hydrogen (secondary N) is 1. The molecule has 1 aliphatic rings. The number of nitrogens with two attached hydrogens (primary N) is 1. The highest BCUT2D eigenvalue weighted by atomic mass is 16.5. The van der Waals surface area contributed by atoms with E-state index in [1.54, 1.807) is 12.0 Å². The van der Waals surface area contributed by atoms with E-state index in [1.807, 2.05) is 12.1 Å². The molecule has 0 radical (unpaired) electrons. The summed E-state index contributed by atoms with van der Waals surface area (Å²) in [6, 6.07) is 8.46. The second-order valence-corrected chi connectivity index (χ2v) is 5.26. The lowest BCUT2D eigenvalue weighted by molar-refractivity contribution is 0.183. The zero-order valence-corrected chi connectivity index (χ0v) is 12.1. The Hall–Kier alpha value is -1.75. The van der Waals surface area contributed by atoms with Crippen molar-refractivity contribution in [2.24, 2.45) is 5.73 Å². The van der Waals surface area contributed by atoms with E-state index in [1.165, 1.54) is 5.56 Å². The van der Waals surface area contributed by atoms with Crippen LogP contribution >= 0.6 is 0 Å². The van der Waals surface area contributed by atoms with E-state index in [9.17, 15) is 4.79 Å². The van der Waals surface area contributed by atoms with Crippen molar-refractivity contribution in [3.63, 3.8) is 0 Å². The summed E-state index contributed by atoms with van der Waals surface area (Å²) in [5, 5.41) is 3.61. The molecule has 0 aliphatic carbocycles. The summed E-state index contributed by atoms with van der Waals surface area (Å²) >= 11 is 0. The molecule has 2 amide bonds. The maximum atomic E-state index is 11.1. The Morgan fingerprint density at radius 3 is 2.75 bits per heavy atom. The third kappa shape index (κ3) is 3.63. The van der Waals surface area contributed by atoms with Gasteiger partial charge < -0.3 is 20.7 Å². The van der Waals surface area contributed by atoms with E-state index >= 15 is 0 Å². The Morgan fingerprint density at radius 2 is 2.15 bits per heavy atom. The molecule has 1 atom stereocenters. The number of hydrogen-bond acceptors (Lipinski definition) is 3. The van der Waals surface area contributed by atoms with Gasteiger partial charge in [-0.3, -0.25) is 0 Å². The van der Waals surface area contributed by atoms with Crippen LogP contribution in [0.15, 0.2) is 24.3 Å². The number of carbonyl (C=O) groups excluding carboxylic acids is 1. The normalized spacial score (nSPS) is 17.8. The van der Waals surface area contributed by atoms with Gasteiger partial charge in [0.2, 0.25) is 0 Å². The number of rotatable bonds is 4. The number of primary amides is 1. The average molecular weight is 277 g/mol.